The first-order valence-corrected chi connectivity index (χ1v) is 5.31. The van der Waals surface area contributed by atoms with Crippen LogP contribution < -0.4 is 5.32 Å². The quantitative estimate of drug-likeness (QED) is 0.900. The van der Waals surface area contributed by atoms with E-state index in [9.17, 15) is 4.79 Å². The number of likely N-dealkylation sites (N-methyl/N-ethyl adjacent to an activating group) is 1. The van der Waals surface area contributed by atoms with E-state index < -0.39 is 36.9 Å². The molecule has 94 valence electrons. The number of ketones is 1. The van der Waals surface area contributed by atoms with Crippen LogP contribution in [-0.4, -0.2) is 12.8 Å². The van der Waals surface area contributed by atoms with Crippen molar-refractivity contribution in [1.82, 2.24) is 5.32 Å². The molecule has 0 saturated heterocycles. The fourth-order valence-electron chi connectivity index (χ4n) is 1.78. The Kier molecular flexibility index (Phi) is 2.68. The molecule has 1 atom stereocenters. The molecule has 0 amide bonds. The maximum Gasteiger partial charge on any atom is 0.157 e. The number of hydrogen-bond donors (Lipinski definition) is 1. The number of carbonyl (C=O) groups excluding carboxylic acids is 1. The minimum atomic E-state index is -2.89. The van der Waals surface area contributed by atoms with Gasteiger partial charge in [0.05, 0.1) is 0 Å². The maximum absolute atomic E-state index is 12.7. The lowest BCUT2D eigenvalue weighted by Crippen LogP contribution is -2.49. The van der Waals surface area contributed by atoms with Gasteiger partial charge in [0.25, 0.3) is 0 Å². The van der Waals surface area contributed by atoms with Crippen LogP contribution in [0.1, 0.15) is 39.3 Å². The number of benzene rings is 1. The lowest BCUT2D eigenvalue weighted by molar-refractivity contribution is -0.127. The van der Waals surface area contributed by atoms with Crippen LogP contribution in [-0.2, 0) is 10.3 Å². The summed E-state index contributed by atoms with van der Waals surface area (Å²) in [6.07, 6.45) is -9.10. The molecular weight excluding hydrogens is 257 g/mol. The minimum Gasteiger partial charge on any atom is -0.304 e. The fraction of sp³-hybridized carbons (Fsp3) is 0.462. The van der Waals surface area contributed by atoms with Crippen molar-refractivity contribution in [3.05, 3.63) is 34.9 Å². The van der Waals surface area contributed by atoms with Crippen LogP contribution in [0.5, 0.6) is 0 Å². The summed E-state index contributed by atoms with van der Waals surface area (Å²) in [5.74, 6) is -0.770. The molecule has 1 aromatic rings. The average molecular weight is 280 g/mol. The van der Waals surface area contributed by atoms with E-state index in [4.69, 9.17) is 19.8 Å². The predicted octanol–water partition coefficient (Wildman–Crippen LogP) is 3.32. The number of Topliss-reactive ketones (excluding diaryl/α,β-unsaturated/α-hetero) is 1. The van der Waals surface area contributed by atoms with Gasteiger partial charge in [-0.15, -0.1) is 12.4 Å². The highest BCUT2D eigenvalue weighted by Gasteiger charge is 2.40. The van der Waals surface area contributed by atoms with Gasteiger partial charge in [0.2, 0.25) is 0 Å². The Hall–Kier alpha value is -0.570. The molecule has 1 aliphatic carbocycles. The Morgan fingerprint density at radius 3 is 2.76 bits per heavy atom. The van der Waals surface area contributed by atoms with Crippen LogP contribution in [0.2, 0.25) is 5.02 Å². The van der Waals surface area contributed by atoms with Gasteiger partial charge in [-0.3, -0.25) is 4.79 Å². The third-order valence-electron chi connectivity index (χ3n) is 2.66. The molecule has 2 rings (SSSR count). The van der Waals surface area contributed by atoms with Crippen molar-refractivity contribution in [2.24, 2.45) is 0 Å². The highest BCUT2D eigenvalue weighted by Crippen LogP contribution is 2.37. The SMILES string of the molecule is Cl.[2H]C1([2H])CC(=O)C(NC)(c2ccccc2Cl)C([2H])([2H])C1([2H])[2H]. The summed E-state index contributed by atoms with van der Waals surface area (Å²) < 4.78 is 48.0. The molecule has 1 unspecified atom stereocenters. The second kappa shape index (κ2) is 5.85. The van der Waals surface area contributed by atoms with Gasteiger partial charge in [-0.05, 0) is 31.4 Å². The van der Waals surface area contributed by atoms with E-state index in [0.29, 0.717) is 0 Å². The zero-order chi connectivity index (χ0) is 17.0. The summed E-state index contributed by atoms with van der Waals surface area (Å²) in [7, 11) is 1.34. The molecule has 0 aromatic heterocycles. The van der Waals surface area contributed by atoms with Gasteiger partial charge in [0.1, 0.15) is 5.54 Å². The maximum atomic E-state index is 12.7. The normalized spacial score (nSPS) is 38.4. The van der Waals surface area contributed by atoms with Gasteiger partial charge >= 0.3 is 0 Å². The molecule has 0 heterocycles. The zero-order valence-corrected chi connectivity index (χ0v) is 10.8. The summed E-state index contributed by atoms with van der Waals surface area (Å²) in [5, 5.41) is 2.71. The summed E-state index contributed by atoms with van der Waals surface area (Å²) in [5.41, 5.74) is -1.95. The Morgan fingerprint density at radius 1 is 1.41 bits per heavy atom. The highest BCUT2D eigenvalue weighted by molar-refractivity contribution is 6.31. The zero-order valence-electron chi connectivity index (χ0n) is 15.2. The molecule has 1 saturated carbocycles. The van der Waals surface area contributed by atoms with Gasteiger partial charge in [-0.25, -0.2) is 0 Å². The predicted molar refractivity (Wildman–Crippen MR) is 72.9 cm³/mol. The van der Waals surface area contributed by atoms with Crippen LogP contribution in [0.25, 0.3) is 0 Å². The molecule has 0 aliphatic heterocycles. The van der Waals surface area contributed by atoms with E-state index in [1.54, 1.807) is 12.1 Å². The largest absolute Gasteiger partial charge is 0.304 e. The van der Waals surface area contributed by atoms with E-state index in [2.05, 4.69) is 5.32 Å². The Labute approximate surface area is 122 Å². The summed E-state index contributed by atoms with van der Waals surface area (Å²) >= 11 is 6.11. The van der Waals surface area contributed by atoms with Crippen molar-refractivity contribution in [2.45, 2.75) is 31.1 Å². The number of nitrogens with one attached hydrogen (secondary N) is 1. The lowest BCUT2D eigenvalue weighted by Gasteiger charge is -2.36. The first kappa shape index (κ1) is 7.78. The molecule has 0 radical (unpaired) electrons. The second-order valence-corrected chi connectivity index (χ2v) is 3.91. The van der Waals surface area contributed by atoms with Crippen LogP contribution in [0, 0.1) is 0 Å². The van der Waals surface area contributed by atoms with Crippen LogP contribution >= 0.6 is 24.0 Å². The molecule has 17 heavy (non-hydrogen) atoms. The Morgan fingerprint density at radius 2 is 2.12 bits per heavy atom. The highest BCUT2D eigenvalue weighted by atomic mass is 35.5. The summed E-state index contributed by atoms with van der Waals surface area (Å²) in [6.45, 7) is 0. The number of carbonyl (C=O) groups is 1. The molecule has 1 aromatic carbocycles. The van der Waals surface area contributed by atoms with Crippen molar-refractivity contribution >= 4 is 29.8 Å². The van der Waals surface area contributed by atoms with Gasteiger partial charge in [0, 0.05) is 19.7 Å². The second-order valence-electron chi connectivity index (χ2n) is 3.51. The molecule has 0 bridgehead atoms. The summed E-state index contributed by atoms with van der Waals surface area (Å²) in [6, 6.07) is 6.12. The third kappa shape index (κ3) is 2.49. The monoisotopic (exact) mass is 279 g/mol. The smallest absolute Gasteiger partial charge is 0.157 e. The summed E-state index contributed by atoms with van der Waals surface area (Å²) in [4.78, 5) is 12.7. The van der Waals surface area contributed by atoms with Crippen molar-refractivity contribution < 1.29 is 13.0 Å². The third-order valence-corrected chi connectivity index (χ3v) is 2.99. The van der Waals surface area contributed by atoms with Crippen molar-refractivity contribution in [1.29, 1.82) is 0 Å². The molecular formula is C13H17Cl2NO. The minimum absolute atomic E-state index is 0. The van der Waals surface area contributed by atoms with Gasteiger partial charge in [-0.1, -0.05) is 36.2 Å². The Bertz CT molecular complexity index is 624. The average Bonchev–Trinajstić information content (AvgIpc) is 2.39. The number of hydrogen-bond acceptors (Lipinski definition) is 2. The van der Waals surface area contributed by atoms with E-state index in [0.717, 1.165) is 0 Å². The van der Waals surface area contributed by atoms with E-state index >= 15 is 0 Å². The van der Waals surface area contributed by atoms with Crippen molar-refractivity contribution in [3.8, 4) is 0 Å². The number of rotatable bonds is 2. The molecule has 1 fully saturated rings. The fourth-order valence-corrected chi connectivity index (χ4v) is 2.06. The Balaban J connectivity index is 0.00000264. The molecule has 4 heteroatoms. The lowest BCUT2D eigenvalue weighted by atomic mass is 9.75. The van der Waals surface area contributed by atoms with E-state index in [1.807, 2.05) is 0 Å². The van der Waals surface area contributed by atoms with Gasteiger partial charge in [-0.2, -0.15) is 0 Å². The number of halogens is 2. The molecule has 1 aliphatic rings. The van der Waals surface area contributed by atoms with Gasteiger partial charge < -0.3 is 5.32 Å². The molecule has 2 nitrogen and oxygen atoms in total. The van der Waals surface area contributed by atoms with Crippen molar-refractivity contribution in [2.75, 3.05) is 7.05 Å². The molecule has 1 N–H and O–H groups in total. The topological polar surface area (TPSA) is 29.1 Å². The van der Waals surface area contributed by atoms with E-state index in [1.165, 1.54) is 19.2 Å². The van der Waals surface area contributed by atoms with Crippen LogP contribution in [0.4, 0.5) is 0 Å². The van der Waals surface area contributed by atoms with Gasteiger partial charge in [0.15, 0.2) is 5.78 Å². The molecule has 0 spiro atoms. The first-order chi connectivity index (χ1) is 9.95. The standard InChI is InChI=1S/C13H16ClNO.ClH/c1-15-13(9-5-4-8-12(13)16)10-6-2-3-7-11(10)14;/h2-3,6-7,15H,4-5,8-9H2,1H3;1H/i4D2,5D2,9D2;. The van der Waals surface area contributed by atoms with E-state index in [-0.39, 0.29) is 23.0 Å². The van der Waals surface area contributed by atoms with Crippen LogP contribution in [0.15, 0.2) is 24.3 Å². The first-order valence-electron chi connectivity index (χ1n) is 7.93. The van der Waals surface area contributed by atoms with Crippen LogP contribution in [0.3, 0.4) is 0 Å². The van der Waals surface area contributed by atoms with Crippen molar-refractivity contribution in [3.63, 3.8) is 0 Å².